The second-order valence-electron chi connectivity index (χ2n) is 4.78. The number of nitrogens with two attached hydrogens (primary N) is 1. The van der Waals surface area contributed by atoms with Crippen LogP contribution in [0.3, 0.4) is 0 Å². The molecule has 0 atom stereocenters. The molecule has 0 aliphatic rings. The zero-order valence-corrected chi connectivity index (χ0v) is 12.4. The maximum atomic E-state index is 11.5. The minimum absolute atomic E-state index is 0.268. The summed E-state index contributed by atoms with van der Waals surface area (Å²) in [5, 5.41) is 8.92. The van der Waals surface area contributed by atoms with Crippen molar-refractivity contribution in [1.82, 2.24) is 0 Å². The molecule has 112 valence electrons. The number of hydrogen-bond acceptors (Lipinski definition) is 4. The Balaban J connectivity index is 2.19. The first-order valence-corrected chi connectivity index (χ1v) is 6.65. The maximum absolute atomic E-state index is 11.5. The molecule has 2 aromatic rings. The quantitative estimate of drug-likeness (QED) is 0.918. The van der Waals surface area contributed by atoms with Crippen molar-refractivity contribution < 1.29 is 14.3 Å². The number of amides is 1. The van der Waals surface area contributed by atoms with Crippen LogP contribution in [0.2, 0.25) is 0 Å². The summed E-state index contributed by atoms with van der Waals surface area (Å²) in [5.74, 6) is 0.357. The van der Waals surface area contributed by atoms with Crippen molar-refractivity contribution >= 4 is 5.91 Å². The molecular weight excluding hydrogens is 280 g/mol. The van der Waals surface area contributed by atoms with Crippen molar-refractivity contribution in [2.75, 3.05) is 7.11 Å². The van der Waals surface area contributed by atoms with E-state index in [1.807, 2.05) is 19.1 Å². The Kier molecular flexibility index (Phi) is 4.64. The molecule has 0 heterocycles. The molecule has 5 nitrogen and oxygen atoms in total. The normalized spacial score (nSPS) is 9.86. The summed E-state index contributed by atoms with van der Waals surface area (Å²) < 4.78 is 10.7. The summed E-state index contributed by atoms with van der Waals surface area (Å²) >= 11 is 0. The molecule has 0 aliphatic carbocycles. The van der Waals surface area contributed by atoms with Gasteiger partial charge in [0.25, 0.3) is 5.91 Å². The van der Waals surface area contributed by atoms with Gasteiger partial charge in [-0.15, -0.1) is 0 Å². The number of aryl methyl sites for hydroxylation is 1. The molecular formula is C17H16N2O3. The summed E-state index contributed by atoms with van der Waals surface area (Å²) in [6.07, 6.45) is 0. The van der Waals surface area contributed by atoms with Crippen molar-refractivity contribution in [3.05, 3.63) is 58.7 Å². The number of carbonyl (C=O) groups is 1. The SMILES string of the molecule is COc1ccc(OCc2ccc(C#N)c(C)c2)c(C(N)=O)c1. The Bertz CT molecular complexity index is 748. The van der Waals surface area contributed by atoms with Crippen LogP contribution in [0.25, 0.3) is 0 Å². The highest BCUT2D eigenvalue weighted by molar-refractivity contribution is 5.96. The van der Waals surface area contributed by atoms with E-state index in [-0.39, 0.29) is 12.2 Å². The van der Waals surface area contributed by atoms with Crippen LogP contribution in [0.5, 0.6) is 11.5 Å². The second-order valence-corrected chi connectivity index (χ2v) is 4.78. The van der Waals surface area contributed by atoms with Crippen LogP contribution in [0.1, 0.15) is 27.0 Å². The lowest BCUT2D eigenvalue weighted by atomic mass is 10.1. The monoisotopic (exact) mass is 296 g/mol. The van der Waals surface area contributed by atoms with E-state index in [9.17, 15) is 4.79 Å². The predicted molar refractivity (Wildman–Crippen MR) is 81.7 cm³/mol. The van der Waals surface area contributed by atoms with Crippen molar-refractivity contribution in [3.63, 3.8) is 0 Å². The van der Waals surface area contributed by atoms with E-state index in [1.54, 1.807) is 24.3 Å². The molecule has 0 radical (unpaired) electrons. The molecule has 5 heteroatoms. The largest absolute Gasteiger partial charge is 0.497 e. The van der Waals surface area contributed by atoms with Crippen LogP contribution in [0.4, 0.5) is 0 Å². The average molecular weight is 296 g/mol. The Labute approximate surface area is 128 Å². The van der Waals surface area contributed by atoms with Gasteiger partial charge in [-0.05, 0) is 42.3 Å². The van der Waals surface area contributed by atoms with Crippen LogP contribution in [-0.4, -0.2) is 13.0 Å². The van der Waals surface area contributed by atoms with Crippen LogP contribution in [0.15, 0.2) is 36.4 Å². The first kappa shape index (κ1) is 15.4. The fourth-order valence-corrected chi connectivity index (χ4v) is 2.06. The van der Waals surface area contributed by atoms with E-state index in [0.29, 0.717) is 17.1 Å². The predicted octanol–water partition coefficient (Wildman–Crippen LogP) is 2.55. The van der Waals surface area contributed by atoms with Crippen molar-refractivity contribution in [3.8, 4) is 17.6 Å². The number of nitriles is 1. The van der Waals surface area contributed by atoms with Gasteiger partial charge in [0.2, 0.25) is 0 Å². The second kappa shape index (κ2) is 6.64. The van der Waals surface area contributed by atoms with Gasteiger partial charge in [0.05, 0.1) is 24.3 Å². The van der Waals surface area contributed by atoms with E-state index in [0.717, 1.165) is 11.1 Å². The Morgan fingerprint density at radius 3 is 2.64 bits per heavy atom. The van der Waals surface area contributed by atoms with E-state index in [4.69, 9.17) is 20.5 Å². The molecule has 0 aromatic heterocycles. The maximum Gasteiger partial charge on any atom is 0.252 e. The molecule has 2 aromatic carbocycles. The van der Waals surface area contributed by atoms with E-state index >= 15 is 0 Å². The van der Waals surface area contributed by atoms with Gasteiger partial charge in [0.1, 0.15) is 18.1 Å². The number of carbonyl (C=O) groups excluding carboxylic acids is 1. The molecule has 0 saturated carbocycles. The van der Waals surface area contributed by atoms with Crippen molar-refractivity contribution in [2.45, 2.75) is 13.5 Å². The smallest absolute Gasteiger partial charge is 0.252 e. The van der Waals surface area contributed by atoms with Gasteiger partial charge in [-0.25, -0.2) is 0 Å². The third kappa shape index (κ3) is 3.36. The molecule has 0 fully saturated rings. The molecule has 0 unspecified atom stereocenters. The van der Waals surface area contributed by atoms with Gasteiger partial charge in [-0.2, -0.15) is 5.26 Å². The molecule has 0 saturated heterocycles. The first-order chi connectivity index (χ1) is 10.5. The Morgan fingerprint density at radius 2 is 2.05 bits per heavy atom. The van der Waals surface area contributed by atoms with Crippen LogP contribution in [-0.2, 0) is 6.61 Å². The lowest BCUT2D eigenvalue weighted by Gasteiger charge is -2.11. The summed E-state index contributed by atoms with van der Waals surface area (Å²) in [5.41, 5.74) is 8.05. The molecule has 0 bridgehead atoms. The number of ether oxygens (including phenoxy) is 2. The first-order valence-electron chi connectivity index (χ1n) is 6.65. The summed E-state index contributed by atoms with van der Waals surface area (Å²) in [6.45, 7) is 2.14. The van der Waals surface area contributed by atoms with Crippen LogP contribution in [0, 0.1) is 18.3 Å². The van der Waals surface area contributed by atoms with Crippen molar-refractivity contribution in [2.24, 2.45) is 5.73 Å². The topological polar surface area (TPSA) is 85.3 Å². The van der Waals surface area contributed by atoms with Gasteiger partial charge in [-0.3, -0.25) is 4.79 Å². The zero-order valence-electron chi connectivity index (χ0n) is 12.4. The van der Waals surface area contributed by atoms with Crippen LogP contribution < -0.4 is 15.2 Å². The third-order valence-electron chi connectivity index (χ3n) is 3.26. The highest BCUT2D eigenvalue weighted by Gasteiger charge is 2.11. The molecule has 1 amide bonds. The Morgan fingerprint density at radius 1 is 1.27 bits per heavy atom. The van der Waals surface area contributed by atoms with E-state index < -0.39 is 5.91 Å². The number of benzene rings is 2. The van der Waals surface area contributed by atoms with E-state index in [2.05, 4.69) is 6.07 Å². The minimum atomic E-state index is -0.579. The number of primary amides is 1. The van der Waals surface area contributed by atoms with Gasteiger partial charge >= 0.3 is 0 Å². The van der Waals surface area contributed by atoms with Crippen LogP contribution >= 0.6 is 0 Å². The number of rotatable bonds is 5. The fraction of sp³-hybridized carbons (Fsp3) is 0.176. The van der Waals surface area contributed by atoms with Gasteiger partial charge in [0.15, 0.2) is 0 Å². The lowest BCUT2D eigenvalue weighted by molar-refractivity contribution is 0.0995. The molecule has 22 heavy (non-hydrogen) atoms. The summed E-state index contributed by atoms with van der Waals surface area (Å²) in [4.78, 5) is 11.5. The summed E-state index contributed by atoms with van der Waals surface area (Å²) in [7, 11) is 1.51. The molecule has 2 rings (SSSR count). The number of nitrogens with zero attached hydrogens (tertiary/aromatic N) is 1. The zero-order chi connectivity index (χ0) is 16.1. The standard InChI is InChI=1S/C17H16N2O3/c1-11-7-12(3-4-13(11)9-18)10-22-16-6-5-14(21-2)8-15(16)17(19)20/h3-8H,10H2,1-2H3,(H2,19,20). The van der Waals surface area contributed by atoms with Gasteiger partial charge in [-0.1, -0.05) is 12.1 Å². The van der Waals surface area contributed by atoms with Gasteiger partial charge < -0.3 is 15.2 Å². The van der Waals surface area contributed by atoms with Gasteiger partial charge in [0, 0.05) is 0 Å². The highest BCUT2D eigenvalue weighted by Crippen LogP contribution is 2.25. The Hall–Kier alpha value is -3.00. The average Bonchev–Trinajstić information content (AvgIpc) is 2.52. The summed E-state index contributed by atoms with van der Waals surface area (Å²) in [6, 6.07) is 12.5. The van der Waals surface area contributed by atoms with E-state index in [1.165, 1.54) is 7.11 Å². The highest BCUT2D eigenvalue weighted by atomic mass is 16.5. The molecule has 0 aliphatic heterocycles. The fourth-order valence-electron chi connectivity index (χ4n) is 2.06. The third-order valence-corrected chi connectivity index (χ3v) is 3.26. The lowest BCUT2D eigenvalue weighted by Crippen LogP contribution is -2.13. The van der Waals surface area contributed by atoms with Crippen molar-refractivity contribution in [1.29, 1.82) is 5.26 Å². The number of hydrogen-bond donors (Lipinski definition) is 1. The number of methoxy groups -OCH3 is 1. The molecule has 0 spiro atoms. The minimum Gasteiger partial charge on any atom is -0.497 e. The molecule has 2 N–H and O–H groups in total.